The molecule has 0 aromatic heterocycles. The van der Waals surface area contributed by atoms with Crippen LogP contribution in [0.2, 0.25) is 5.02 Å². The highest BCUT2D eigenvalue weighted by Gasteiger charge is 2.30. The second-order valence-electron chi connectivity index (χ2n) is 7.52. The fourth-order valence-corrected chi connectivity index (χ4v) is 3.85. The van der Waals surface area contributed by atoms with Crippen molar-refractivity contribution in [1.82, 2.24) is 9.80 Å². The third-order valence-electron chi connectivity index (χ3n) is 5.63. The third-order valence-corrected chi connectivity index (χ3v) is 5.87. The van der Waals surface area contributed by atoms with Gasteiger partial charge in [0.05, 0.1) is 6.04 Å². The van der Waals surface area contributed by atoms with E-state index in [1.54, 1.807) is 11.0 Å². The molecule has 5 heteroatoms. The van der Waals surface area contributed by atoms with Gasteiger partial charge in [-0.1, -0.05) is 54.1 Å². The van der Waals surface area contributed by atoms with Gasteiger partial charge in [-0.05, 0) is 49.1 Å². The van der Waals surface area contributed by atoms with Gasteiger partial charge in [0, 0.05) is 37.2 Å². The van der Waals surface area contributed by atoms with Crippen LogP contribution in [0.1, 0.15) is 36.9 Å². The molecule has 1 unspecified atom stereocenters. The van der Waals surface area contributed by atoms with Crippen molar-refractivity contribution in [2.45, 2.75) is 25.8 Å². The molecule has 2 aromatic rings. The zero-order chi connectivity index (χ0) is 20.8. The predicted molar refractivity (Wildman–Crippen MR) is 117 cm³/mol. The molecular formula is C24H27ClN2O2. The molecule has 0 radical (unpaired) electrons. The summed E-state index contributed by atoms with van der Waals surface area (Å²) >= 11 is 6.09. The molecule has 0 aliphatic carbocycles. The second kappa shape index (κ2) is 9.75. The lowest BCUT2D eigenvalue weighted by atomic mass is 9.94. The van der Waals surface area contributed by atoms with Gasteiger partial charge in [0.25, 0.3) is 0 Å². The van der Waals surface area contributed by atoms with Crippen molar-refractivity contribution in [1.29, 1.82) is 0 Å². The number of halogens is 1. The Bertz CT molecular complexity index is 873. The summed E-state index contributed by atoms with van der Waals surface area (Å²) in [7, 11) is 1.84. The molecule has 0 saturated carbocycles. The summed E-state index contributed by atoms with van der Waals surface area (Å²) in [5.74, 6) is 0.0774. The summed E-state index contributed by atoms with van der Waals surface area (Å²) in [5, 5.41) is 0.672. The van der Waals surface area contributed by atoms with Crippen LogP contribution in [0.3, 0.4) is 0 Å². The molecule has 152 valence electrons. The van der Waals surface area contributed by atoms with Gasteiger partial charge in [0.1, 0.15) is 0 Å². The average Bonchev–Trinajstić information content (AvgIpc) is 2.76. The van der Waals surface area contributed by atoms with E-state index in [0.717, 1.165) is 11.1 Å². The molecule has 1 atom stereocenters. The van der Waals surface area contributed by atoms with E-state index in [-0.39, 0.29) is 23.8 Å². The largest absolute Gasteiger partial charge is 0.339 e. The van der Waals surface area contributed by atoms with E-state index in [2.05, 4.69) is 0 Å². The number of benzene rings is 2. The normalized spacial score (nSPS) is 16.0. The van der Waals surface area contributed by atoms with Crippen molar-refractivity contribution in [3.05, 3.63) is 76.8 Å². The van der Waals surface area contributed by atoms with E-state index in [9.17, 15) is 9.59 Å². The number of carbonyl (C=O) groups excluding carboxylic acids is 2. The van der Waals surface area contributed by atoms with Crippen molar-refractivity contribution in [3.8, 4) is 0 Å². The molecule has 0 spiro atoms. The Kier molecular flexibility index (Phi) is 7.10. The first-order valence-electron chi connectivity index (χ1n) is 10.00. The first kappa shape index (κ1) is 21.1. The molecule has 29 heavy (non-hydrogen) atoms. The molecule has 1 saturated heterocycles. The van der Waals surface area contributed by atoms with E-state index >= 15 is 0 Å². The van der Waals surface area contributed by atoms with Crippen LogP contribution in [-0.4, -0.2) is 41.8 Å². The van der Waals surface area contributed by atoms with Crippen LogP contribution < -0.4 is 0 Å². The zero-order valence-corrected chi connectivity index (χ0v) is 17.7. The van der Waals surface area contributed by atoms with E-state index in [0.29, 0.717) is 31.0 Å². The summed E-state index contributed by atoms with van der Waals surface area (Å²) in [5.41, 5.74) is 2.02. The lowest BCUT2D eigenvalue weighted by molar-refractivity contribution is -0.139. The van der Waals surface area contributed by atoms with Gasteiger partial charge in [0.15, 0.2) is 0 Å². The van der Waals surface area contributed by atoms with Crippen molar-refractivity contribution < 1.29 is 9.59 Å². The minimum absolute atomic E-state index is 0.000372. The van der Waals surface area contributed by atoms with Crippen LogP contribution in [0.25, 0.3) is 6.08 Å². The maximum atomic E-state index is 13.0. The van der Waals surface area contributed by atoms with Crippen LogP contribution >= 0.6 is 11.6 Å². The minimum Gasteiger partial charge on any atom is -0.339 e. The fourth-order valence-electron chi connectivity index (χ4n) is 3.65. The van der Waals surface area contributed by atoms with E-state index in [1.807, 2.05) is 79.5 Å². The molecule has 1 aliphatic rings. The van der Waals surface area contributed by atoms with Gasteiger partial charge < -0.3 is 9.80 Å². The van der Waals surface area contributed by atoms with E-state index in [4.69, 9.17) is 11.6 Å². The highest BCUT2D eigenvalue weighted by molar-refractivity contribution is 6.30. The quantitative estimate of drug-likeness (QED) is 0.663. The Morgan fingerprint density at radius 3 is 2.45 bits per heavy atom. The monoisotopic (exact) mass is 410 g/mol. The van der Waals surface area contributed by atoms with Crippen LogP contribution in [0.4, 0.5) is 0 Å². The number of hydrogen-bond donors (Lipinski definition) is 0. The smallest absolute Gasteiger partial charge is 0.246 e. The Labute approximate surface area is 177 Å². The lowest BCUT2D eigenvalue weighted by Crippen LogP contribution is -2.43. The van der Waals surface area contributed by atoms with Gasteiger partial charge >= 0.3 is 0 Å². The van der Waals surface area contributed by atoms with Crippen LogP contribution in [0.15, 0.2) is 60.7 Å². The van der Waals surface area contributed by atoms with Gasteiger partial charge in [0.2, 0.25) is 11.8 Å². The number of carbonyl (C=O) groups is 2. The second-order valence-corrected chi connectivity index (χ2v) is 7.96. The maximum absolute atomic E-state index is 13.0. The average molecular weight is 411 g/mol. The summed E-state index contributed by atoms with van der Waals surface area (Å²) < 4.78 is 0. The Morgan fingerprint density at radius 1 is 1.10 bits per heavy atom. The molecule has 1 fully saturated rings. The first-order valence-corrected chi connectivity index (χ1v) is 10.4. The SMILES string of the molecule is CC(c1cccc(Cl)c1)N(C)C(=O)C1CCN(C(=O)/C=C/c2ccccc2)CC1. The topological polar surface area (TPSA) is 40.6 Å². The number of hydrogen-bond acceptors (Lipinski definition) is 2. The molecule has 2 amide bonds. The standard InChI is InChI=1S/C24H27ClN2O2/c1-18(21-9-6-10-22(25)17-21)26(2)24(29)20-13-15-27(16-14-20)23(28)12-11-19-7-4-3-5-8-19/h3-12,17-18,20H,13-16H2,1-2H3/b12-11+. The number of amides is 2. The summed E-state index contributed by atoms with van der Waals surface area (Å²) in [4.78, 5) is 29.0. The summed E-state index contributed by atoms with van der Waals surface area (Å²) in [6, 6.07) is 17.3. The molecule has 4 nitrogen and oxygen atoms in total. The zero-order valence-electron chi connectivity index (χ0n) is 16.9. The number of piperidine rings is 1. The van der Waals surface area contributed by atoms with Crippen molar-refractivity contribution >= 4 is 29.5 Å². The molecular weight excluding hydrogens is 384 g/mol. The highest BCUT2D eigenvalue weighted by Crippen LogP contribution is 2.26. The summed E-state index contributed by atoms with van der Waals surface area (Å²) in [6.45, 7) is 3.22. The van der Waals surface area contributed by atoms with Gasteiger partial charge in [-0.25, -0.2) is 0 Å². The minimum atomic E-state index is -0.0520. The van der Waals surface area contributed by atoms with E-state index < -0.39 is 0 Å². The lowest BCUT2D eigenvalue weighted by Gasteiger charge is -2.34. The number of rotatable bonds is 5. The van der Waals surface area contributed by atoms with Crippen LogP contribution in [-0.2, 0) is 9.59 Å². The van der Waals surface area contributed by atoms with Crippen molar-refractivity contribution in [3.63, 3.8) is 0 Å². The predicted octanol–water partition coefficient (Wildman–Crippen LogP) is 4.81. The number of nitrogens with zero attached hydrogens (tertiary/aromatic N) is 2. The Balaban J connectivity index is 1.53. The van der Waals surface area contributed by atoms with Gasteiger partial charge in [-0.15, -0.1) is 0 Å². The van der Waals surface area contributed by atoms with Crippen LogP contribution in [0.5, 0.6) is 0 Å². The highest BCUT2D eigenvalue weighted by atomic mass is 35.5. The molecule has 0 bridgehead atoms. The Hall–Kier alpha value is -2.59. The van der Waals surface area contributed by atoms with Crippen LogP contribution in [0, 0.1) is 5.92 Å². The number of likely N-dealkylation sites (tertiary alicyclic amines) is 1. The van der Waals surface area contributed by atoms with Gasteiger partial charge in [-0.3, -0.25) is 9.59 Å². The fraction of sp³-hybridized carbons (Fsp3) is 0.333. The first-order chi connectivity index (χ1) is 14.0. The summed E-state index contributed by atoms with van der Waals surface area (Å²) in [6.07, 6.45) is 4.83. The Morgan fingerprint density at radius 2 is 1.79 bits per heavy atom. The van der Waals surface area contributed by atoms with Crippen molar-refractivity contribution in [2.24, 2.45) is 5.92 Å². The van der Waals surface area contributed by atoms with E-state index in [1.165, 1.54) is 0 Å². The third kappa shape index (κ3) is 5.48. The molecule has 3 rings (SSSR count). The van der Waals surface area contributed by atoms with Crippen molar-refractivity contribution in [2.75, 3.05) is 20.1 Å². The molecule has 2 aromatic carbocycles. The molecule has 0 N–H and O–H groups in total. The van der Waals surface area contributed by atoms with Gasteiger partial charge in [-0.2, -0.15) is 0 Å². The molecule has 1 aliphatic heterocycles. The maximum Gasteiger partial charge on any atom is 0.246 e. The molecule has 1 heterocycles.